The second kappa shape index (κ2) is 8.97. The molecule has 0 aromatic heterocycles. The monoisotopic (exact) mass is 330 g/mol. The van der Waals surface area contributed by atoms with Crippen LogP contribution in [0.4, 0.5) is 0 Å². The molecule has 102 valence electrons. The third-order valence-electron chi connectivity index (χ3n) is 2.55. The van der Waals surface area contributed by atoms with Crippen LogP contribution < -0.4 is 5.32 Å². The molecule has 0 atom stereocenters. The molecule has 2 nitrogen and oxygen atoms in total. The van der Waals surface area contributed by atoms with E-state index < -0.39 is 0 Å². The molecule has 0 amide bonds. The van der Waals surface area contributed by atoms with Crippen molar-refractivity contribution in [1.82, 2.24) is 10.2 Å². The van der Waals surface area contributed by atoms with Crippen molar-refractivity contribution >= 4 is 27.7 Å². The van der Waals surface area contributed by atoms with Crippen LogP contribution in [0.5, 0.6) is 0 Å². The van der Waals surface area contributed by atoms with Gasteiger partial charge in [-0.15, -0.1) is 11.8 Å². The highest BCUT2D eigenvalue weighted by atomic mass is 79.9. The molecule has 0 spiro atoms. The van der Waals surface area contributed by atoms with E-state index in [9.17, 15) is 0 Å². The molecule has 0 fully saturated rings. The van der Waals surface area contributed by atoms with Gasteiger partial charge in [0.25, 0.3) is 0 Å². The summed E-state index contributed by atoms with van der Waals surface area (Å²) in [6.07, 6.45) is 1.18. The van der Waals surface area contributed by atoms with E-state index in [1.54, 1.807) is 0 Å². The number of hydrogen-bond acceptors (Lipinski definition) is 3. The van der Waals surface area contributed by atoms with Gasteiger partial charge in [-0.05, 0) is 60.7 Å². The molecule has 0 aliphatic heterocycles. The van der Waals surface area contributed by atoms with Crippen molar-refractivity contribution in [1.29, 1.82) is 0 Å². The first kappa shape index (κ1) is 16.0. The Morgan fingerprint density at radius 2 is 2.11 bits per heavy atom. The Hall–Kier alpha value is -0.0300. The molecule has 0 unspecified atom stereocenters. The molecule has 0 heterocycles. The number of benzene rings is 1. The zero-order valence-electron chi connectivity index (χ0n) is 11.5. The SMILES string of the molecule is CCCNCc1ccc(SCCN(C)C)c(Br)c1. The molecule has 1 aromatic rings. The first-order valence-corrected chi connectivity index (χ1v) is 8.18. The molecule has 1 aromatic carbocycles. The van der Waals surface area contributed by atoms with Crippen molar-refractivity contribution < 1.29 is 0 Å². The third-order valence-corrected chi connectivity index (χ3v) is 4.52. The lowest BCUT2D eigenvalue weighted by Crippen LogP contribution is -2.15. The van der Waals surface area contributed by atoms with Crippen molar-refractivity contribution in [3.63, 3.8) is 0 Å². The van der Waals surface area contributed by atoms with E-state index in [4.69, 9.17) is 0 Å². The Morgan fingerprint density at radius 1 is 1.33 bits per heavy atom. The molecular formula is C14H23BrN2S. The van der Waals surface area contributed by atoms with Gasteiger partial charge in [0.2, 0.25) is 0 Å². The molecule has 0 radical (unpaired) electrons. The Bertz CT molecular complexity index is 356. The fourth-order valence-corrected chi connectivity index (χ4v) is 3.33. The maximum atomic E-state index is 3.66. The van der Waals surface area contributed by atoms with Crippen LogP contribution in [0, 0.1) is 0 Å². The Kier molecular flexibility index (Phi) is 7.98. The van der Waals surface area contributed by atoms with Crippen LogP contribution in [-0.4, -0.2) is 37.8 Å². The lowest BCUT2D eigenvalue weighted by Gasteiger charge is -2.11. The average Bonchev–Trinajstić information content (AvgIpc) is 2.32. The van der Waals surface area contributed by atoms with E-state index >= 15 is 0 Å². The van der Waals surface area contributed by atoms with Crippen molar-refractivity contribution in [2.24, 2.45) is 0 Å². The smallest absolute Gasteiger partial charge is 0.0314 e. The highest BCUT2D eigenvalue weighted by Gasteiger charge is 2.02. The van der Waals surface area contributed by atoms with E-state index in [2.05, 4.69) is 65.4 Å². The average molecular weight is 331 g/mol. The van der Waals surface area contributed by atoms with Gasteiger partial charge in [-0.25, -0.2) is 0 Å². The van der Waals surface area contributed by atoms with Crippen LogP contribution in [0.25, 0.3) is 0 Å². The highest BCUT2D eigenvalue weighted by Crippen LogP contribution is 2.28. The predicted molar refractivity (Wildman–Crippen MR) is 85.4 cm³/mol. The quantitative estimate of drug-likeness (QED) is 0.579. The van der Waals surface area contributed by atoms with Crippen LogP contribution in [0.2, 0.25) is 0 Å². The van der Waals surface area contributed by atoms with E-state index in [0.29, 0.717) is 0 Å². The summed E-state index contributed by atoms with van der Waals surface area (Å²) in [5, 5.41) is 3.42. The largest absolute Gasteiger partial charge is 0.313 e. The zero-order valence-corrected chi connectivity index (χ0v) is 13.9. The Labute approximate surface area is 124 Å². The first-order chi connectivity index (χ1) is 8.63. The first-order valence-electron chi connectivity index (χ1n) is 6.40. The van der Waals surface area contributed by atoms with Crippen molar-refractivity contribution in [2.45, 2.75) is 24.8 Å². The van der Waals surface area contributed by atoms with Gasteiger partial charge in [0, 0.05) is 28.2 Å². The van der Waals surface area contributed by atoms with Crippen LogP contribution in [0.1, 0.15) is 18.9 Å². The summed E-state index contributed by atoms with van der Waals surface area (Å²) >= 11 is 5.56. The molecular weight excluding hydrogens is 308 g/mol. The third kappa shape index (κ3) is 6.23. The zero-order chi connectivity index (χ0) is 13.4. The van der Waals surface area contributed by atoms with E-state index in [1.807, 2.05) is 11.8 Å². The summed E-state index contributed by atoms with van der Waals surface area (Å²) in [6, 6.07) is 6.65. The molecule has 0 saturated heterocycles. The van der Waals surface area contributed by atoms with Gasteiger partial charge in [0.05, 0.1) is 0 Å². The summed E-state index contributed by atoms with van der Waals surface area (Å²) in [5.74, 6) is 1.12. The molecule has 4 heteroatoms. The predicted octanol–water partition coefficient (Wildman–Crippen LogP) is 3.60. The van der Waals surface area contributed by atoms with Crippen LogP contribution in [0.15, 0.2) is 27.6 Å². The van der Waals surface area contributed by atoms with Crippen molar-refractivity contribution in [3.05, 3.63) is 28.2 Å². The minimum Gasteiger partial charge on any atom is -0.313 e. The van der Waals surface area contributed by atoms with Crippen molar-refractivity contribution in [2.75, 3.05) is 32.9 Å². The summed E-state index contributed by atoms with van der Waals surface area (Å²) in [4.78, 5) is 3.54. The molecule has 1 N–H and O–H groups in total. The molecule has 0 saturated carbocycles. The fraction of sp³-hybridized carbons (Fsp3) is 0.571. The molecule has 18 heavy (non-hydrogen) atoms. The lowest BCUT2D eigenvalue weighted by atomic mass is 10.2. The van der Waals surface area contributed by atoms with Gasteiger partial charge < -0.3 is 10.2 Å². The summed E-state index contributed by atoms with van der Waals surface area (Å²) < 4.78 is 1.21. The topological polar surface area (TPSA) is 15.3 Å². The number of hydrogen-bond donors (Lipinski definition) is 1. The number of nitrogens with zero attached hydrogens (tertiary/aromatic N) is 1. The van der Waals surface area contributed by atoms with Crippen LogP contribution in [0.3, 0.4) is 0 Å². The minimum atomic E-state index is 0.953. The minimum absolute atomic E-state index is 0.953. The van der Waals surface area contributed by atoms with Gasteiger partial charge in [-0.1, -0.05) is 13.0 Å². The molecule has 1 rings (SSSR count). The van der Waals surface area contributed by atoms with Gasteiger partial charge in [0.1, 0.15) is 0 Å². The van der Waals surface area contributed by atoms with Crippen LogP contribution in [-0.2, 0) is 6.54 Å². The van der Waals surface area contributed by atoms with Gasteiger partial charge >= 0.3 is 0 Å². The standard InChI is InChI=1S/C14H23BrN2S/c1-4-7-16-11-12-5-6-14(13(15)10-12)18-9-8-17(2)3/h5-6,10,16H,4,7-9,11H2,1-3H3. The Balaban J connectivity index is 2.46. The number of thioether (sulfide) groups is 1. The van der Waals surface area contributed by atoms with Gasteiger partial charge in [-0.3, -0.25) is 0 Å². The second-order valence-electron chi connectivity index (χ2n) is 4.59. The molecule has 0 aliphatic carbocycles. The highest BCUT2D eigenvalue weighted by molar-refractivity contribution is 9.10. The maximum Gasteiger partial charge on any atom is 0.0314 e. The van der Waals surface area contributed by atoms with E-state index in [1.165, 1.54) is 21.4 Å². The van der Waals surface area contributed by atoms with Gasteiger partial charge in [-0.2, -0.15) is 0 Å². The molecule has 0 bridgehead atoms. The molecule has 0 aliphatic rings. The van der Waals surface area contributed by atoms with E-state index in [-0.39, 0.29) is 0 Å². The second-order valence-corrected chi connectivity index (χ2v) is 6.58. The van der Waals surface area contributed by atoms with Crippen LogP contribution >= 0.6 is 27.7 Å². The lowest BCUT2D eigenvalue weighted by molar-refractivity contribution is 0.437. The Morgan fingerprint density at radius 3 is 2.72 bits per heavy atom. The summed E-state index contributed by atoms with van der Waals surface area (Å²) in [5.41, 5.74) is 1.34. The summed E-state index contributed by atoms with van der Waals surface area (Å²) in [6.45, 7) is 5.33. The fourth-order valence-electron chi connectivity index (χ4n) is 1.52. The number of halogens is 1. The van der Waals surface area contributed by atoms with Crippen molar-refractivity contribution in [3.8, 4) is 0 Å². The summed E-state index contributed by atoms with van der Waals surface area (Å²) in [7, 11) is 4.22. The normalized spacial score (nSPS) is 11.2. The van der Waals surface area contributed by atoms with E-state index in [0.717, 1.165) is 25.4 Å². The number of nitrogens with one attached hydrogen (secondary N) is 1. The van der Waals surface area contributed by atoms with Gasteiger partial charge in [0.15, 0.2) is 0 Å². The number of rotatable bonds is 8. The maximum absolute atomic E-state index is 3.66.